The molecule has 1 fully saturated rings. The molecule has 36 heavy (non-hydrogen) atoms. The van der Waals surface area contributed by atoms with Gasteiger partial charge in [-0.05, 0) is 56.3 Å². The second-order valence-corrected chi connectivity index (χ2v) is 9.59. The van der Waals surface area contributed by atoms with Crippen molar-refractivity contribution in [2.24, 2.45) is 0 Å². The smallest absolute Gasteiger partial charge is 0.242 e. The number of hydrogen-bond donors (Lipinski definition) is 4. The Labute approximate surface area is 212 Å². The van der Waals surface area contributed by atoms with Crippen LogP contribution in [0.15, 0.2) is 54.6 Å². The highest BCUT2D eigenvalue weighted by molar-refractivity contribution is 5.92. The van der Waals surface area contributed by atoms with E-state index >= 15 is 0 Å². The zero-order valence-electron chi connectivity index (χ0n) is 20.9. The van der Waals surface area contributed by atoms with Gasteiger partial charge in [-0.1, -0.05) is 61.4 Å². The number of nitrogens with one attached hydrogen (secondary N) is 4. The first kappa shape index (κ1) is 25.6. The average molecular weight is 489 g/mol. The van der Waals surface area contributed by atoms with Gasteiger partial charge in [-0.2, -0.15) is 0 Å². The summed E-state index contributed by atoms with van der Waals surface area (Å²) in [6.07, 6.45) is 5.03. The van der Waals surface area contributed by atoms with E-state index < -0.39 is 6.04 Å². The minimum absolute atomic E-state index is 0.117. The molecule has 7 nitrogen and oxygen atoms in total. The van der Waals surface area contributed by atoms with Crippen LogP contribution in [0.3, 0.4) is 0 Å². The van der Waals surface area contributed by atoms with Gasteiger partial charge < -0.3 is 25.7 Å². The van der Waals surface area contributed by atoms with Crippen molar-refractivity contribution >= 4 is 28.5 Å². The first-order valence-corrected chi connectivity index (χ1v) is 13.0. The number of unbranched alkanes of at least 4 members (excludes halogenated alkanes) is 2. The maximum absolute atomic E-state index is 13.1. The van der Waals surface area contributed by atoms with Crippen LogP contribution in [0.2, 0.25) is 0 Å². The van der Waals surface area contributed by atoms with E-state index in [9.17, 15) is 14.4 Å². The molecule has 4 rings (SSSR count). The van der Waals surface area contributed by atoms with Crippen molar-refractivity contribution in [2.75, 3.05) is 13.1 Å². The van der Waals surface area contributed by atoms with E-state index in [0.717, 1.165) is 54.4 Å². The van der Waals surface area contributed by atoms with Crippen LogP contribution in [0.5, 0.6) is 0 Å². The van der Waals surface area contributed by atoms with Crippen LogP contribution in [-0.4, -0.2) is 47.8 Å². The number of aromatic amines is 1. The number of carbonyl (C=O) groups excluding carboxylic acids is 3. The van der Waals surface area contributed by atoms with Gasteiger partial charge in [0.15, 0.2) is 0 Å². The largest absolute Gasteiger partial charge is 0.354 e. The molecular weight excluding hydrogens is 452 g/mol. The summed E-state index contributed by atoms with van der Waals surface area (Å²) < 4.78 is 0. The zero-order chi connectivity index (χ0) is 25.3. The SMILES string of the molecule is CC(=O)CCCCC[C@H](NC(=O)C1CCN1)C(=O)NCCc1c(-c2ccccc2)[nH]c2ccccc12. The Morgan fingerprint density at radius 3 is 2.47 bits per heavy atom. The summed E-state index contributed by atoms with van der Waals surface area (Å²) in [7, 11) is 0. The number of fused-ring (bicyclic) bond motifs is 1. The maximum Gasteiger partial charge on any atom is 0.242 e. The Kier molecular flexibility index (Phi) is 8.90. The van der Waals surface area contributed by atoms with E-state index in [4.69, 9.17) is 0 Å². The number of Topliss-reactive ketones (excluding diaryl/α,β-unsaturated/α-hetero) is 1. The normalized spacial score (nSPS) is 15.8. The Hall–Kier alpha value is -3.45. The molecule has 1 aliphatic heterocycles. The van der Waals surface area contributed by atoms with Gasteiger partial charge in [0.1, 0.15) is 11.8 Å². The third-order valence-corrected chi connectivity index (χ3v) is 6.85. The lowest BCUT2D eigenvalue weighted by atomic mass is 10.0. The van der Waals surface area contributed by atoms with Crippen molar-refractivity contribution in [3.63, 3.8) is 0 Å². The average Bonchev–Trinajstić information content (AvgIpc) is 3.21. The minimum Gasteiger partial charge on any atom is -0.354 e. The highest BCUT2D eigenvalue weighted by atomic mass is 16.2. The molecule has 2 aromatic carbocycles. The van der Waals surface area contributed by atoms with Crippen LogP contribution in [0.25, 0.3) is 22.2 Å². The molecule has 0 radical (unpaired) electrons. The predicted octanol–water partition coefficient (Wildman–Crippen LogP) is 3.88. The van der Waals surface area contributed by atoms with Crippen LogP contribution >= 0.6 is 0 Å². The van der Waals surface area contributed by atoms with Crippen molar-refractivity contribution < 1.29 is 14.4 Å². The van der Waals surface area contributed by atoms with Crippen LogP contribution in [0.1, 0.15) is 51.0 Å². The minimum atomic E-state index is -0.575. The third-order valence-electron chi connectivity index (χ3n) is 6.85. The zero-order valence-corrected chi connectivity index (χ0v) is 20.9. The summed E-state index contributed by atoms with van der Waals surface area (Å²) in [5, 5.41) is 10.2. The van der Waals surface area contributed by atoms with Crippen molar-refractivity contribution in [1.82, 2.24) is 20.9 Å². The molecule has 3 aromatic rings. The van der Waals surface area contributed by atoms with Gasteiger partial charge in [0.2, 0.25) is 11.8 Å². The number of ketones is 1. The molecule has 1 aromatic heterocycles. The Morgan fingerprint density at radius 2 is 1.75 bits per heavy atom. The van der Waals surface area contributed by atoms with Crippen molar-refractivity contribution in [2.45, 2.75) is 64.0 Å². The van der Waals surface area contributed by atoms with Gasteiger partial charge in [-0.15, -0.1) is 0 Å². The number of amides is 2. The van der Waals surface area contributed by atoms with E-state index in [1.807, 2.05) is 30.3 Å². The van der Waals surface area contributed by atoms with Crippen molar-refractivity contribution in [1.29, 1.82) is 0 Å². The number of para-hydroxylation sites is 1. The molecule has 0 aliphatic carbocycles. The highest BCUT2D eigenvalue weighted by Gasteiger charge is 2.28. The van der Waals surface area contributed by atoms with Gasteiger partial charge in [0, 0.05) is 29.6 Å². The Morgan fingerprint density at radius 1 is 1.00 bits per heavy atom. The van der Waals surface area contributed by atoms with Crippen LogP contribution in [0, 0.1) is 0 Å². The molecule has 1 aliphatic rings. The number of H-pyrrole nitrogens is 1. The molecule has 7 heteroatoms. The van der Waals surface area contributed by atoms with Gasteiger partial charge in [0.25, 0.3) is 0 Å². The van der Waals surface area contributed by atoms with E-state index in [1.165, 1.54) is 5.56 Å². The van der Waals surface area contributed by atoms with E-state index in [2.05, 4.69) is 45.2 Å². The second kappa shape index (κ2) is 12.5. The van der Waals surface area contributed by atoms with Crippen LogP contribution in [0.4, 0.5) is 0 Å². The number of carbonyl (C=O) groups is 3. The third kappa shape index (κ3) is 6.61. The summed E-state index contributed by atoms with van der Waals surface area (Å²) in [4.78, 5) is 40.4. The topological polar surface area (TPSA) is 103 Å². The van der Waals surface area contributed by atoms with Gasteiger partial charge in [0.05, 0.1) is 6.04 Å². The second-order valence-electron chi connectivity index (χ2n) is 9.59. The molecule has 2 atom stereocenters. The number of rotatable bonds is 13. The molecular formula is C29H36N4O3. The van der Waals surface area contributed by atoms with Crippen molar-refractivity contribution in [3.05, 3.63) is 60.2 Å². The number of hydrogen-bond acceptors (Lipinski definition) is 4. The fourth-order valence-electron chi connectivity index (χ4n) is 4.70. The molecule has 0 saturated carbocycles. The molecule has 2 heterocycles. The van der Waals surface area contributed by atoms with Gasteiger partial charge in [-0.3, -0.25) is 9.59 Å². The molecule has 4 N–H and O–H groups in total. The van der Waals surface area contributed by atoms with E-state index in [0.29, 0.717) is 25.8 Å². The highest BCUT2D eigenvalue weighted by Crippen LogP contribution is 2.30. The first-order valence-electron chi connectivity index (χ1n) is 13.0. The fraction of sp³-hybridized carbons (Fsp3) is 0.414. The summed E-state index contributed by atoms with van der Waals surface area (Å²) in [5.74, 6) is -0.0933. The van der Waals surface area contributed by atoms with E-state index in [1.54, 1.807) is 6.92 Å². The fourth-order valence-corrected chi connectivity index (χ4v) is 4.70. The van der Waals surface area contributed by atoms with Gasteiger partial charge in [-0.25, -0.2) is 0 Å². The summed E-state index contributed by atoms with van der Waals surface area (Å²) in [5.41, 5.74) is 4.41. The lowest BCUT2D eigenvalue weighted by Gasteiger charge is -2.28. The van der Waals surface area contributed by atoms with E-state index in [-0.39, 0.29) is 23.6 Å². The molecule has 0 spiro atoms. The summed E-state index contributed by atoms with van der Waals surface area (Å²) in [6.45, 7) is 2.90. The summed E-state index contributed by atoms with van der Waals surface area (Å²) in [6, 6.07) is 17.6. The van der Waals surface area contributed by atoms with Gasteiger partial charge >= 0.3 is 0 Å². The quantitative estimate of drug-likeness (QED) is 0.274. The molecule has 1 saturated heterocycles. The lowest BCUT2D eigenvalue weighted by molar-refractivity contribution is -0.131. The van der Waals surface area contributed by atoms with Crippen LogP contribution in [-0.2, 0) is 20.8 Å². The van der Waals surface area contributed by atoms with Crippen molar-refractivity contribution in [3.8, 4) is 11.3 Å². The predicted molar refractivity (Wildman–Crippen MR) is 143 cm³/mol. The van der Waals surface area contributed by atoms with Crippen LogP contribution < -0.4 is 16.0 Å². The number of benzene rings is 2. The Balaban J connectivity index is 1.39. The molecule has 0 bridgehead atoms. The lowest BCUT2D eigenvalue weighted by Crippen LogP contribution is -2.57. The molecule has 190 valence electrons. The molecule has 1 unspecified atom stereocenters. The Bertz CT molecular complexity index is 1180. The number of aromatic nitrogens is 1. The first-order chi connectivity index (χ1) is 17.5. The molecule has 2 amide bonds. The summed E-state index contributed by atoms with van der Waals surface area (Å²) >= 11 is 0. The standard InChI is InChI=1S/C29H36N4O3/c1-20(34)10-4-2-7-15-26(33-29(36)25-17-19-30-25)28(35)31-18-16-23-22-13-8-9-14-24(22)32-27(23)21-11-5-3-6-12-21/h3,5-6,8-9,11-14,25-26,30,32H,2,4,7,10,15-19H2,1H3,(H,31,35)(H,33,36)/t25?,26-/m0/s1. The monoisotopic (exact) mass is 488 g/mol. The maximum atomic E-state index is 13.1.